The number of unbranched alkanes of at least 4 members (excludes halogenated alkanes) is 1. The van der Waals surface area contributed by atoms with Gasteiger partial charge in [0.25, 0.3) is 5.91 Å². The van der Waals surface area contributed by atoms with Crippen LogP contribution in [-0.4, -0.2) is 25.7 Å². The third kappa shape index (κ3) is 6.17. The van der Waals surface area contributed by atoms with Gasteiger partial charge in [0, 0.05) is 6.07 Å². The molecule has 0 heterocycles. The molecule has 0 fully saturated rings. The number of benzene rings is 2. The molecule has 1 N–H and O–H groups in total. The van der Waals surface area contributed by atoms with E-state index >= 15 is 0 Å². The van der Waals surface area contributed by atoms with Crippen molar-refractivity contribution >= 4 is 27.5 Å². The van der Waals surface area contributed by atoms with Crippen LogP contribution in [-0.2, 0) is 4.79 Å². The van der Waals surface area contributed by atoms with Gasteiger partial charge in [-0.3, -0.25) is 4.79 Å². The number of hydrogen-bond donors (Lipinski definition) is 1. The molecule has 0 radical (unpaired) electrons. The molecule has 0 atom stereocenters. The van der Waals surface area contributed by atoms with E-state index in [-0.39, 0.29) is 12.5 Å². The number of nitriles is 1. The molecule has 148 valence electrons. The van der Waals surface area contributed by atoms with E-state index in [0.29, 0.717) is 46.2 Å². The van der Waals surface area contributed by atoms with Crippen LogP contribution in [0.2, 0.25) is 0 Å². The molecule has 0 aliphatic carbocycles. The third-order valence-corrected chi connectivity index (χ3v) is 4.29. The Kier molecular flexibility index (Phi) is 8.63. The van der Waals surface area contributed by atoms with Crippen LogP contribution in [0.25, 0.3) is 0 Å². The zero-order valence-corrected chi connectivity index (χ0v) is 17.5. The van der Waals surface area contributed by atoms with Crippen molar-refractivity contribution in [2.24, 2.45) is 0 Å². The van der Waals surface area contributed by atoms with Gasteiger partial charge >= 0.3 is 0 Å². The van der Waals surface area contributed by atoms with Crippen molar-refractivity contribution in [3.8, 4) is 23.3 Å². The standard InChI is InChI=1S/C21H23BrN2O4/c1-3-5-10-27-18-9-7-6-8-17(18)24-20(25)14-28-21-16(22)11-15(13-23)12-19(21)26-4-2/h6-9,11-12H,3-5,10,14H2,1-2H3,(H,24,25). The lowest BCUT2D eigenvalue weighted by Crippen LogP contribution is -2.21. The lowest BCUT2D eigenvalue weighted by Gasteiger charge is -2.15. The number of hydrogen-bond acceptors (Lipinski definition) is 5. The lowest BCUT2D eigenvalue weighted by molar-refractivity contribution is -0.118. The summed E-state index contributed by atoms with van der Waals surface area (Å²) in [5.41, 5.74) is 1.03. The van der Waals surface area contributed by atoms with Gasteiger partial charge in [-0.2, -0.15) is 5.26 Å². The van der Waals surface area contributed by atoms with Crippen LogP contribution in [0.3, 0.4) is 0 Å². The Morgan fingerprint density at radius 1 is 1.14 bits per heavy atom. The predicted octanol–water partition coefficient (Wildman–Crippen LogP) is 4.92. The molecule has 2 aromatic carbocycles. The Morgan fingerprint density at radius 2 is 1.93 bits per heavy atom. The second kappa shape index (κ2) is 11.2. The Bertz CT molecular complexity index is 849. The number of rotatable bonds is 10. The zero-order valence-electron chi connectivity index (χ0n) is 16.0. The first kappa shape index (κ1) is 21.6. The Morgan fingerprint density at radius 3 is 2.64 bits per heavy atom. The number of anilines is 1. The van der Waals surface area contributed by atoms with Crippen molar-refractivity contribution in [1.82, 2.24) is 0 Å². The highest BCUT2D eigenvalue weighted by Gasteiger charge is 2.15. The van der Waals surface area contributed by atoms with E-state index in [4.69, 9.17) is 19.5 Å². The van der Waals surface area contributed by atoms with Crippen molar-refractivity contribution < 1.29 is 19.0 Å². The molecule has 0 saturated carbocycles. The minimum Gasteiger partial charge on any atom is -0.491 e. The molecule has 6 nitrogen and oxygen atoms in total. The first-order valence-corrected chi connectivity index (χ1v) is 9.89. The Hall–Kier alpha value is -2.72. The van der Waals surface area contributed by atoms with Crippen LogP contribution in [0, 0.1) is 11.3 Å². The summed E-state index contributed by atoms with van der Waals surface area (Å²) >= 11 is 3.36. The number of halogens is 1. The van der Waals surface area contributed by atoms with Crippen LogP contribution in [0.1, 0.15) is 32.3 Å². The molecule has 0 aromatic heterocycles. The van der Waals surface area contributed by atoms with Crippen LogP contribution < -0.4 is 19.5 Å². The van der Waals surface area contributed by atoms with Crippen LogP contribution in [0.15, 0.2) is 40.9 Å². The SMILES string of the molecule is CCCCOc1ccccc1NC(=O)COc1c(Br)cc(C#N)cc1OCC. The molecule has 0 aliphatic rings. The zero-order chi connectivity index (χ0) is 20.4. The summed E-state index contributed by atoms with van der Waals surface area (Å²) in [6.45, 7) is 4.71. The van der Waals surface area contributed by atoms with Gasteiger partial charge in [0.1, 0.15) is 5.75 Å². The number of nitrogens with one attached hydrogen (secondary N) is 1. The quantitative estimate of drug-likeness (QED) is 0.524. The summed E-state index contributed by atoms with van der Waals surface area (Å²) in [4.78, 5) is 12.4. The fourth-order valence-electron chi connectivity index (χ4n) is 2.38. The van der Waals surface area contributed by atoms with Gasteiger partial charge in [-0.25, -0.2) is 0 Å². The van der Waals surface area contributed by atoms with Gasteiger partial charge in [0.15, 0.2) is 18.1 Å². The predicted molar refractivity (Wildman–Crippen MR) is 111 cm³/mol. The van der Waals surface area contributed by atoms with Gasteiger partial charge in [0.2, 0.25) is 0 Å². The summed E-state index contributed by atoms with van der Waals surface area (Å²) in [5, 5.41) is 11.9. The van der Waals surface area contributed by atoms with Crippen molar-refractivity contribution in [2.45, 2.75) is 26.7 Å². The van der Waals surface area contributed by atoms with Gasteiger partial charge in [0.05, 0.1) is 35.0 Å². The summed E-state index contributed by atoms with van der Waals surface area (Å²) < 4.78 is 17.5. The molecule has 28 heavy (non-hydrogen) atoms. The number of carbonyl (C=O) groups excluding carboxylic acids is 1. The van der Waals surface area contributed by atoms with Gasteiger partial charge in [-0.05, 0) is 47.5 Å². The highest BCUT2D eigenvalue weighted by molar-refractivity contribution is 9.10. The molecule has 7 heteroatoms. The van der Waals surface area contributed by atoms with Crippen molar-refractivity contribution in [1.29, 1.82) is 5.26 Å². The maximum absolute atomic E-state index is 12.4. The second-order valence-corrected chi connectivity index (χ2v) is 6.72. The van der Waals surface area contributed by atoms with Gasteiger partial charge < -0.3 is 19.5 Å². The fraction of sp³-hybridized carbons (Fsp3) is 0.333. The molecular formula is C21H23BrN2O4. The van der Waals surface area contributed by atoms with E-state index in [9.17, 15) is 4.79 Å². The number of para-hydroxylation sites is 2. The number of amides is 1. The number of ether oxygens (including phenoxy) is 3. The molecular weight excluding hydrogens is 424 g/mol. The van der Waals surface area contributed by atoms with Gasteiger partial charge in [-0.1, -0.05) is 25.5 Å². The maximum atomic E-state index is 12.4. The summed E-state index contributed by atoms with van der Waals surface area (Å²) in [6, 6.07) is 12.5. The van der Waals surface area contributed by atoms with E-state index < -0.39 is 0 Å². The highest BCUT2D eigenvalue weighted by atomic mass is 79.9. The van der Waals surface area contributed by atoms with E-state index in [0.717, 1.165) is 12.8 Å². The first-order valence-electron chi connectivity index (χ1n) is 9.09. The summed E-state index contributed by atoms with van der Waals surface area (Å²) in [7, 11) is 0. The number of carbonyl (C=O) groups is 1. The summed E-state index contributed by atoms with van der Waals surface area (Å²) in [5.74, 6) is 1.08. The van der Waals surface area contributed by atoms with Crippen LogP contribution in [0.4, 0.5) is 5.69 Å². The van der Waals surface area contributed by atoms with E-state index in [1.807, 2.05) is 25.1 Å². The minimum atomic E-state index is -0.328. The molecule has 2 aromatic rings. The Balaban J connectivity index is 2.05. The minimum absolute atomic E-state index is 0.214. The average Bonchev–Trinajstić information content (AvgIpc) is 2.69. The van der Waals surface area contributed by atoms with Crippen LogP contribution in [0.5, 0.6) is 17.2 Å². The topological polar surface area (TPSA) is 80.6 Å². The molecule has 0 aliphatic heterocycles. The van der Waals surface area contributed by atoms with E-state index in [1.54, 1.807) is 18.2 Å². The molecule has 2 rings (SSSR count). The maximum Gasteiger partial charge on any atom is 0.262 e. The molecule has 0 saturated heterocycles. The summed E-state index contributed by atoms with van der Waals surface area (Å²) in [6.07, 6.45) is 1.97. The molecule has 0 spiro atoms. The van der Waals surface area contributed by atoms with Crippen molar-refractivity contribution in [2.75, 3.05) is 25.1 Å². The van der Waals surface area contributed by atoms with Crippen molar-refractivity contribution in [3.63, 3.8) is 0 Å². The van der Waals surface area contributed by atoms with E-state index in [2.05, 4.69) is 34.2 Å². The second-order valence-electron chi connectivity index (χ2n) is 5.87. The third-order valence-electron chi connectivity index (χ3n) is 3.70. The molecule has 1 amide bonds. The first-order chi connectivity index (χ1) is 13.6. The average molecular weight is 447 g/mol. The Labute approximate surface area is 173 Å². The lowest BCUT2D eigenvalue weighted by atomic mass is 10.2. The van der Waals surface area contributed by atoms with Crippen molar-refractivity contribution in [3.05, 3.63) is 46.4 Å². The molecule has 0 bridgehead atoms. The van der Waals surface area contributed by atoms with Crippen LogP contribution >= 0.6 is 15.9 Å². The van der Waals surface area contributed by atoms with E-state index in [1.165, 1.54) is 0 Å². The normalized spacial score (nSPS) is 10.1. The van der Waals surface area contributed by atoms with Gasteiger partial charge in [-0.15, -0.1) is 0 Å². The largest absolute Gasteiger partial charge is 0.491 e. The highest BCUT2D eigenvalue weighted by Crippen LogP contribution is 2.36. The fourth-order valence-corrected chi connectivity index (χ4v) is 2.94. The number of nitrogens with zero attached hydrogens (tertiary/aromatic N) is 1. The smallest absolute Gasteiger partial charge is 0.262 e. The monoisotopic (exact) mass is 446 g/mol. The molecule has 0 unspecified atom stereocenters.